The number of rotatable bonds is 6. The summed E-state index contributed by atoms with van der Waals surface area (Å²) in [5, 5.41) is 10.7. The number of amides is 2. The number of hydrogen-bond donors (Lipinski definition) is 1. The van der Waals surface area contributed by atoms with E-state index in [-0.39, 0.29) is 24.5 Å². The van der Waals surface area contributed by atoms with Gasteiger partial charge in [-0.2, -0.15) is 18.4 Å². The van der Waals surface area contributed by atoms with E-state index in [2.05, 4.69) is 0 Å². The Morgan fingerprint density at radius 3 is 2.74 bits per heavy atom. The second-order valence-corrected chi connectivity index (χ2v) is 5.84. The first-order valence-electron chi connectivity index (χ1n) is 8.10. The fraction of sp³-hybridized carbons (Fsp3) is 0.471. The molecule has 2 amide bonds. The number of methoxy groups -OCH3 is 1. The minimum atomic E-state index is -4.52. The molecule has 1 atom stereocenters. The molecule has 2 rings (SSSR count). The summed E-state index contributed by atoms with van der Waals surface area (Å²) in [5.41, 5.74) is 0.353. The average molecular weight is 385 g/mol. The van der Waals surface area contributed by atoms with Gasteiger partial charge in [-0.05, 0) is 25.0 Å². The first kappa shape index (κ1) is 20.4. The van der Waals surface area contributed by atoms with Crippen LogP contribution < -0.4 is 14.8 Å². The lowest BCUT2D eigenvalue weighted by Crippen LogP contribution is -2.49. The summed E-state index contributed by atoms with van der Waals surface area (Å²) in [6.07, 6.45) is -3.72. The predicted octanol–water partition coefficient (Wildman–Crippen LogP) is 1.62. The molecule has 1 heterocycles. The third-order valence-electron chi connectivity index (χ3n) is 3.98. The molecule has 0 aliphatic carbocycles. The zero-order valence-corrected chi connectivity index (χ0v) is 14.5. The van der Waals surface area contributed by atoms with Crippen molar-refractivity contribution in [2.45, 2.75) is 25.1 Å². The van der Waals surface area contributed by atoms with Gasteiger partial charge in [-0.25, -0.2) is 0 Å². The van der Waals surface area contributed by atoms with E-state index in [1.807, 2.05) is 6.07 Å². The first-order chi connectivity index (χ1) is 12.7. The summed E-state index contributed by atoms with van der Waals surface area (Å²) in [4.78, 5) is 25.5. The minimum absolute atomic E-state index is 0.238. The number of likely N-dealkylation sites (tertiary alicyclic amines) is 1. The Hall–Kier alpha value is -2.96. The summed E-state index contributed by atoms with van der Waals surface area (Å²) >= 11 is 0. The van der Waals surface area contributed by atoms with E-state index in [1.165, 1.54) is 30.2 Å². The molecule has 1 aliphatic rings. The maximum atomic E-state index is 12.4. The van der Waals surface area contributed by atoms with E-state index in [9.17, 15) is 22.8 Å². The Kier molecular flexibility index (Phi) is 6.50. The number of nitriles is 1. The highest BCUT2D eigenvalue weighted by atomic mass is 19.4. The number of halogens is 3. The molecule has 1 aromatic rings. The normalized spacial score (nSPS) is 16.6. The second kappa shape index (κ2) is 8.62. The molecule has 0 bridgehead atoms. The van der Waals surface area contributed by atoms with Crippen LogP contribution in [0, 0.1) is 11.3 Å². The third kappa shape index (κ3) is 5.51. The summed E-state index contributed by atoms with van der Waals surface area (Å²) in [6.45, 7) is -1.59. The zero-order chi connectivity index (χ0) is 20.0. The van der Waals surface area contributed by atoms with Crippen molar-refractivity contribution in [3.8, 4) is 17.6 Å². The van der Waals surface area contributed by atoms with Gasteiger partial charge in [-0.15, -0.1) is 0 Å². The molecule has 1 N–H and O–H groups in total. The number of carbonyl (C=O) groups is 2. The van der Waals surface area contributed by atoms with Crippen molar-refractivity contribution in [3.63, 3.8) is 0 Å². The topological polar surface area (TPSA) is 91.7 Å². The SMILES string of the molecule is COc1cc(C#N)ccc1OCC(=O)N1CCCC1C(=O)NCC(F)(F)F. The zero-order valence-electron chi connectivity index (χ0n) is 14.5. The molecule has 0 spiro atoms. The quantitative estimate of drug-likeness (QED) is 0.803. The molecule has 0 radical (unpaired) electrons. The second-order valence-electron chi connectivity index (χ2n) is 5.84. The van der Waals surface area contributed by atoms with Gasteiger partial charge in [-0.1, -0.05) is 0 Å². The molecular formula is C17H18F3N3O4. The number of hydrogen-bond acceptors (Lipinski definition) is 5. The van der Waals surface area contributed by atoms with Crippen LogP contribution in [0.25, 0.3) is 0 Å². The fourth-order valence-corrected chi connectivity index (χ4v) is 2.72. The van der Waals surface area contributed by atoms with Crippen LogP contribution in [0.1, 0.15) is 18.4 Å². The molecule has 1 aliphatic heterocycles. The maximum Gasteiger partial charge on any atom is 0.405 e. The summed E-state index contributed by atoms with van der Waals surface area (Å²) in [7, 11) is 1.38. The number of nitrogens with one attached hydrogen (secondary N) is 1. The van der Waals surface area contributed by atoms with Gasteiger partial charge in [0.2, 0.25) is 5.91 Å². The van der Waals surface area contributed by atoms with Gasteiger partial charge in [0.15, 0.2) is 18.1 Å². The van der Waals surface area contributed by atoms with Crippen LogP contribution in [0.2, 0.25) is 0 Å². The Morgan fingerprint density at radius 1 is 1.37 bits per heavy atom. The Bertz CT molecular complexity index is 746. The lowest BCUT2D eigenvalue weighted by atomic mass is 10.2. The van der Waals surface area contributed by atoms with Crippen molar-refractivity contribution in [1.82, 2.24) is 10.2 Å². The van der Waals surface area contributed by atoms with Gasteiger partial charge in [0.05, 0.1) is 18.7 Å². The van der Waals surface area contributed by atoms with E-state index >= 15 is 0 Å². The smallest absolute Gasteiger partial charge is 0.405 e. The molecular weight excluding hydrogens is 367 g/mol. The van der Waals surface area contributed by atoms with Crippen LogP contribution in [0.3, 0.4) is 0 Å². The average Bonchev–Trinajstić information content (AvgIpc) is 3.13. The van der Waals surface area contributed by atoms with Crippen molar-refractivity contribution in [3.05, 3.63) is 23.8 Å². The number of benzene rings is 1. The first-order valence-corrected chi connectivity index (χ1v) is 8.10. The summed E-state index contributed by atoms with van der Waals surface area (Å²) in [5.74, 6) is -0.856. The summed E-state index contributed by atoms with van der Waals surface area (Å²) < 4.78 is 47.2. The standard InChI is InChI=1S/C17H18F3N3O4/c1-26-14-7-11(8-21)4-5-13(14)27-9-15(24)23-6-2-3-12(23)16(25)22-10-17(18,19)20/h4-5,7,12H,2-3,6,9-10H2,1H3,(H,22,25). The van der Waals surface area contributed by atoms with Crippen LogP contribution in [0.15, 0.2) is 18.2 Å². The van der Waals surface area contributed by atoms with Crippen molar-refractivity contribution in [2.75, 3.05) is 26.8 Å². The highest BCUT2D eigenvalue weighted by molar-refractivity contribution is 5.88. The van der Waals surface area contributed by atoms with E-state index in [1.54, 1.807) is 5.32 Å². The number of alkyl halides is 3. The third-order valence-corrected chi connectivity index (χ3v) is 3.98. The van der Waals surface area contributed by atoms with Crippen LogP contribution in [0.5, 0.6) is 11.5 Å². The lowest BCUT2D eigenvalue weighted by molar-refractivity contribution is -0.145. The van der Waals surface area contributed by atoms with E-state index in [0.717, 1.165) is 0 Å². The molecule has 27 heavy (non-hydrogen) atoms. The molecule has 1 fully saturated rings. The van der Waals surface area contributed by atoms with Gasteiger partial charge in [-0.3, -0.25) is 9.59 Å². The van der Waals surface area contributed by atoms with Crippen molar-refractivity contribution < 1.29 is 32.2 Å². The summed E-state index contributed by atoms with van der Waals surface area (Å²) in [6, 6.07) is 5.41. The minimum Gasteiger partial charge on any atom is -0.493 e. The van der Waals surface area contributed by atoms with Crippen LogP contribution in [-0.4, -0.2) is 55.7 Å². The van der Waals surface area contributed by atoms with Crippen molar-refractivity contribution in [1.29, 1.82) is 5.26 Å². The molecule has 1 aromatic carbocycles. The molecule has 10 heteroatoms. The van der Waals surface area contributed by atoms with E-state index < -0.39 is 37.2 Å². The van der Waals surface area contributed by atoms with Gasteiger partial charge in [0, 0.05) is 12.6 Å². The number of ether oxygens (including phenoxy) is 2. The monoisotopic (exact) mass is 385 g/mol. The number of carbonyl (C=O) groups excluding carboxylic acids is 2. The molecule has 0 aromatic heterocycles. The fourth-order valence-electron chi connectivity index (χ4n) is 2.72. The van der Waals surface area contributed by atoms with Gasteiger partial charge >= 0.3 is 6.18 Å². The molecule has 0 saturated carbocycles. The Morgan fingerprint density at radius 2 is 2.11 bits per heavy atom. The Labute approximate surface area is 153 Å². The van der Waals surface area contributed by atoms with Gasteiger partial charge in [0.1, 0.15) is 12.6 Å². The lowest BCUT2D eigenvalue weighted by Gasteiger charge is -2.24. The molecule has 1 unspecified atom stereocenters. The van der Waals surface area contributed by atoms with Crippen molar-refractivity contribution >= 4 is 11.8 Å². The Balaban J connectivity index is 1.97. The largest absolute Gasteiger partial charge is 0.493 e. The number of nitrogens with zero attached hydrogens (tertiary/aromatic N) is 2. The maximum absolute atomic E-state index is 12.4. The van der Waals surface area contributed by atoms with E-state index in [4.69, 9.17) is 14.7 Å². The predicted molar refractivity (Wildman–Crippen MR) is 87.0 cm³/mol. The molecule has 146 valence electrons. The van der Waals surface area contributed by atoms with Gasteiger partial charge in [0.25, 0.3) is 5.91 Å². The highest BCUT2D eigenvalue weighted by Crippen LogP contribution is 2.28. The highest BCUT2D eigenvalue weighted by Gasteiger charge is 2.36. The van der Waals surface area contributed by atoms with Crippen molar-refractivity contribution in [2.24, 2.45) is 0 Å². The van der Waals surface area contributed by atoms with Gasteiger partial charge < -0.3 is 19.7 Å². The van der Waals surface area contributed by atoms with Crippen LogP contribution in [-0.2, 0) is 9.59 Å². The van der Waals surface area contributed by atoms with Crippen LogP contribution >= 0.6 is 0 Å². The molecule has 1 saturated heterocycles. The van der Waals surface area contributed by atoms with Crippen LogP contribution in [0.4, 0.5) is 13.2 Å². The molecule has 7 nitrogen and oxygen atoms in total. The van der Waals surface area contributed by atoms with E-state index in [0.29, 0.717) is 12.0 Å².